The average Bonchev–Trinajstić information content (AvgIpc) is 2.84. The Morgan fingerprint density at radius 3 is 3.05 bits per heavy atom. The largest absolute Gasteiger partial charge is 0.338 e. The molecule has 6 heteroatoms. The highest BCUT2D eigenvalue weighted by Gasteiger charge is 2.14. The van der Waals surface area contributed by atoms with E-state index in [1.165, 1.54) is 0 Å². The number of hydrogen-bond donors (Lipinski definition) is 1. The van der Waals surface area contributed by atoms with Crippen molar-refractivity contribution in [3.8, 4) is 0 Å². The maximum atomic E-state index is 5.98. The molecule has 102 valence electrons. The lowest BCUT2D eigenvalue weighted by Crippen LogP contribution is -2.11. The van der Waals surface area contributed by atoms with Gasteiger partial charge in [0.15, 0.2) is 5.82 Å². The molecule has 1 heterocycles. The second-order valence-electron chi connectivity index (χ2n) is 4.24. The average molecular weight is 298 g/mol. The highest BCUT2D eigenvalue weighted by molar-refractivity contribution is 7.98. The number of rotatable bonds is 6. The van der Waals surface area contributed by atoms with Gasteiger partial charge in [-0.05, 0) is 36.1 Å². The summed E-state index contributed by atoms with van der Waals surface area (Å²) in [5.41, 5.74) is 7.03. The predicted molar refractivity (Wildman–Crippen MR) is 78.5 cm³/mol. The minimum Gasteiger partial charge on any atom is -0.338 e. The smallest absolute Gasteiger partial charge is 0.243 e. The van der Waals surface area contributed by atoms with Crippen LogP contribution in [0.3, 0.4) is 0 Å². The Morgan fingerprint density at radius 2 is 2.32 bits per heavy atom. The fourth-order valence-corrected chi connectivity index (χ4v) is 2.39. The molecular weight excluding hydrogens is 282 g/mol. The minimum absolute atomic E-state index is 0.187. The predicted octanol–water partition coefficient (Wildman–Crippen LogP) is 3.07. The van der Waals surface area contributed by atoms with Crippen molar-refractivity contribution < 1.29 is 4.52 Å². The van der Waals surface area contributed by atoms with E-state index in [2.05, 4.69) is 10.1 Å². The third-order valence-electron chi connectivity index (χ3n) is 2.69. The maximum Gasteiger partial charge on any atom is 0.243 e. The summed E-state index contributed by atoms with van der Waals surface area (Å²) in [6, 6.07) is 7.43. The molecule has 2 rings (SSSR count). The standard InChI is InChI=1S/C13H16ClN3OS/c1-19-6-5-11(15)13-16-12(17-18-13)8-9-3-2-4-10(14)7-9/h2-4,7,11H,5-6,8,15H2,1H3. The first-order chi connectivity index (χ1) is 9.19. The summed E-state index contributed by atoms with van der Waals surface area (Å²) in [6.45, 7) is 0. The van der Waals surface area contributed by atoms with Gasteiger partial charge in [0.05, 0.1) is 6.04 Å². The first-order valence-corrected chi connectivity index (χ1v) is 7.77. The van der Waals surface area contributed by atoms with Gasteiger partial charge >= 0.3 is 0 Å². The highest BCUT2D eigenvalue weighted by atomic mass is 35.5. The fraction of sp³-hybridized carbons (Fsp3) is 0.385. The van der Waals surface area contributed by atoms with Gasteiger partial charge in [0, 0.05) is 11.4 Å². The zero-order chi connectivity index (χ0) is 13.7. The van der Waals surface area contributed by atoms with E-state index < -0.39 is 0 Å². The molecule has 0 spiro atoms. The molecule has 0 bridgehead atoms. The number of nitrogens with two attached hydrogens (primary N) is 1. The minimum atomic E-state index is -0.187. The number of nitrogens with zero attached hydrogens (tertiary/aromatic N) is 2. The van der Waals surface area contributed by atoms with E-state index in [0.717, 1.165) is 17.7 Å². The Kier molecular flexibility index (Phi) is 5.24. The number of thioether (sulfide) groups is 1. The molecule has 0 saturated heterocycles. The van der Waals surface area contributed by atoms with Crippen LogP contribution in [0.4, 0.5) is 0 Å². The lowest BCUT2D eigenvalue weighted by molar-refractivity contribution is 0.349. The van der Waals surface area contributed by atoms with E-state index in [1.54, 1.807) is 11.8 Å². The molecule has 1 unspecified atom stereocenters. The summed E-state index contributed by atoms with van der Waals surface area (Å²) in [5.74, 6) is 2.12. The summed E-state index contributed by atoms with van der Waals surface area (Å²) >= 11 is 7.69. The van der Waals surface area contributed by atoms with E-state index in [-0.39, 0.29) is 6.04 Å². The van der Waals surface area contributed by atoms with E-state index in [0.29, 0.717) is 23.2 Å². The zero-order valence-electron chi connectivity index (χ0n) is 10.7. The number of aromatic nitrogens is 2. The van der Waals surface area contributed by atoms with E-state index >= 15 is 0 Å². The van der Waals surface area contributed by atoms with Crippen molar-refractivity contribution in [1.82, 2.24) is 10.1 Å². The van der Waals surface area contributed by atoms with Gasteiger partial charge in [0.2, 0.25) is 5.89 Å². The van der Waals surface area contributed by atoms with Crippen LogP contribution in [0.5, 0.6) is 0 Å². The van der Waals surface area contributed by atoms with Gasteiger partial charge in [0.1, 0.15) is 0 Å². The Balaban J connectivity index is 2.01. The molecule has 4 nitrogen and oxygen atoms in total. The molecular formula is C13H16ClN3OS. The van der Waals surface area contributed by atoms with Gasteiger partial charge in [0.25, 0.3) is 0 Å². The van der Waals surface area contributed by atoms with Crippen LogP contribution in [0.1, 0.15) is 29.7 Å². The van der Waals surface area contributed by atoms with E-state index in [1.807, 2.05) is 30.5 Å². The first kappa shape index (κ1) is 14.4. The monoisotopic (exact) mass is 297 g/mol. The SMILES string of the molecule is CSCCC(N)c1nc(Cc2cccc(Cl)c2)no1. The third kappa shape index (κ3) is 4.23. The molecule has 19 heavy (non-hydrogen) atoms. The van der Waals surface area contributed by atoms with Gasteiger partial charge in [-0.2, -0.15) is 16.7 Å². The van der Waals surface area contributed by atoms with Crippen molar-refractivity contribution >= 4 is 23.4 Å². The Bertz CT molecular complexity index is 532. The molecule has 0 amide bonds. The molecule has 0 aliphatic carbocycles. The topological polar surface area (TPSA) is 64.9 Å². The van der Waals surface area contributed by atoms with Gasteiger partial charge < -0.3 is 10.3 Å². The van der Waals surface area contributed by atoms with Crippen LogP contribution < -0.4 is 5.73 Å². The van der Waals surface area contributed by atoms with Gasteiger partial charge in [-0.3, -0.25) is 0 Å². The van der Waals surface area contributed by atoms with Crippen LogP contribution in [0.15, 0.2) is 28.8 Å². The van der Waals surface area contributed by atoms with Crippen LogP contribution >= 0.6 is 23.4 Å². The van der Waals surface area contributed by atoms with Gasteiger partial charge in [-0.15, -0.1) is 0 Å². The van der Waals surface area contributed by atoms with Crippen LogP contribution in [0, 0.1) is 0 Å². The van der Waals surface area contributed by atoms with Crippen LogP contribution in [-0.2, 0) is 6.42 Å². The van der Waals surface area contributed by atoms with Crippen molar-refractivity contribution in [2.24, 2.45) is 5.73 Å². The number of benzene rings is 1. The summed E-state index contributed by atoms with van der Waals surface area (Å²) in [7, 11) is 0. The Morgan fingerprint density at radius 1 is 1.47 bits per heavy atom. The van der Waals surface area contributed by atoms with E-state index in [9.17, 15) is 0 Å². The zero-order valence-corrected chi connectivity index (χ0v) is 12.2. The molecule has 1 atom stereocenters. The van der Waals surface area contributed by atoms with Gasteiger partial charge in [-0.1, -0.05) is 28.9 Å². The molecule has 0 saturated carbocycles. The number of halogens is 1. The first-order valence-electron chi connectivity index (χ1n) is 6.00. The maximum absolute atomic E-state index is 5.98. The van der Waals surface area contributed by atoms with Crippen molar-refractivity contribution in [2.75, 3.05) is 12.0 Å². The lowest BCUT2D eigenvalue weighted by atomic mass is 10.1. The molecule has 2 aromatic rings. The van der Waals surface area contributed by atoms with Crippen molar-refractivity contribution in [2.45, 2.75) is 18.9 Å². The van der Waals surface area contributed by atoms with Crippen LogP contribution in [-0.4, -0.2) is 22.1 Å². The number of hydrogen-bond acceptors (Lipinski definition) is 5. The molecule has 0 radical (unpaired) electrons. The van der Waals surface area contributed by atoms with Crippen molar-refractivity contribution in [3.63, 3.8) is 0 Å². The summed E-state index contributed by atoms with van der Waals surface area (Å²) in [5, 5.41) is 4.66. The third-order valence-corrected chi connectivity index (χ3v) is 3.56. The van der Waals surface area contributed by atoms with Crippen molar-refractivity contribution in [1.29, 1.82) is 0 Å². The second-order valence-corrected chi connectivity index (χ2v) is 5.67. The molecule has 0 aliphatic rings. The summed E-state index contributed by atoms with van der Waals surface area (Å²) in [4.78, 5) is 4.33. The van der Waals surface area contributed by atoms with Crippen LogP contribution in [0.2, 0.25) is 5.02 Å². The normalized spacial score (nSPS) is 12.6. The van der Waals surface area contributed by atoms with Crippen molar-refractivity contribution in [3.05, 3.63) is 46.6 Å². The Labute approximate surface area is 121 Å². The molecule has 0 fully saturated rings. The molecule has 1 aromatic carbocycles. The molecule has 0 aliphatic heterocycles. The highest BCUT2D eigenvalue weighted by Crippen LogP contribution is 2.17. The lowest BCUT2D eigenvalue weighted by Gasteiger charge is -2.03. The second kappa shape index (κ2) is 6.93. The summed E-state index contributed by atoms with van der Waals surface area (Å²) in [6.07, 6.45) is 3.48. The Hall–Kier alpha value is -1.04. The fourth-order valence-electron chi connectivity index (χ4n) is 1.69. The summed E-state index contributed by atoms with van der Waals surface area (Å²) < 4.78 is 5.20. The van der Waals surface area contributed by atoms with E-state index in [4.69, 9.17) is 21.9 Å². The molecule has 2 N–H and O–H groups in total. The quantitative estimate of drug-likeness (QED) is 0.887. The van der Waals surface area contributed by atoms with Gasteiger partial charge in [-0.25, -0.2) is 0 Å². The molecule has 1 aromatic heterocycles. The van der Waals surface area contributed by atoms with Crippen LogP contribution in [0.25, 0.3) is 0 Å².